The van der Waals surface area contributed by atoms with Crippen molar-refractivity contribution >= 4 is 40.9 Å². The fourth-order valence-corrected chi connectivity index (χ4v) is 3.87. The highest BCUT2D eigenvalue weighted by molar-refractivity contribution is 8.00. The molecular formula is C23H23N5O5S. The number of hydrogen-bond donors (Lipinski definition) is 3. The van der Waals surface area contributed by atoms with E-state index in [-0.39, 0.29) is 22.7 Å². The van der Waals surface area contributed by atoms with E-state index in [4.69, 9.17) is 0 Å². The van der Waals surface area contributed by atoms with E-state index < -0.39 is 16.8 Å². The van der Waals surface area contributed by atoms with Gasteiger partial charge in [-0.3, -0.25) is 19.4 Å². The molecule has 0 saturated carbocycles. The van der Waals surface area contributed by atoms with Crippen LogP contribution in [-0.4, -0.2) is 45.3 Å². The molecular weight excluding hydrogens is 458 g/mol. The Morgan fingerprint density at radius 1 is 1.06 bits per heavy atom. The van der Waals surface area contributed by atoms with Crippen molar-refractivity contribution in [2.45, 2.75) is 30.7 Å². The number of nitrogens with zero attached hydrogens (tertiary/aromatic N) is 2. The van der Waals surface area contributed by atoms with E-state index >= 15 is 0 Å². The van der Waals surface area contributed by atoms with E-state index in [1.165, 1.54) is 14.0 Å². The third kappa shape index (κ3) is 6.07. The minimum absolute atomic E-state index is 0.0527. The highest BCUT2D eigenvalue weighted by Gasteiger charge is 2.21. The molecule has 1 atom stereocenters. The average molecular weight is 482 g/mol. The van der Waals surface area contributed by atoms with Gasteiger partial charge in [0.1, 0.15) is 0 Å². The van der Waals surface area contributed by atoms with E-state index in [0.29, 0.717) is 28.9 Å². The zero-order valence-corrected chi connectivity index (χ0v) is 19.6. The summed E-state index contributed by atoms with van der Waals surface area (Å²) < 4.78 is 4.66. The molecule has 0 bridgehead atoms. The predicted octanol–water partition coefficient (Wildman–Crippen LogP) is 3.09. The van der Waals surface area contributed by atoms with Crippen molar-refractivity contribution in [2.24, 2.45) is 0 Å². The summed E-state index contributed by atoms with van der Waals surface area (Å²) in [6.45, 7) is 3.21. The van der Waals surface area contributed by atoms with Crippen molar-refractivity contribution < 1.29 is 19.1 Å². The Bertz CT molecular complexity index is 1260. The summed E-state index contributed by atoms with van der Waals surface area (Å²) >= 11 is 1.08. The number of anilines is 2. The SMILES string of the molecule is CC[C@H](Sc1nnc(-c2ccccc2NC(C)=O)c(=O)[nH]1)C(=O)Nc1ccc(C(=O)OC)cc1. The number of thioether (sulfide) groups is 1. The van der Waals surface area contributed by atoms with Gasteiger partial charge in [-0.25, -0.2) is 4.79 Å². The second-order valence-corrected chi connectivity index (χ2v) is 8.30. The first kappa shape index (κ1) is 24.6. The number of rotatable bonds is 8. The van der Waals surface area contributed by atoms with Crippen LogP contribution in [0.25, 0.3) is 11.3 Å². The second kappa shape index (κ2) is 11.2. The largest absolute Gasteiger partial charge is 0.465 e. The molecule has 0 saturated heterocycles. The zero-order chi connectivity index (χ0) is 24.7. The molecule has 0 radical (unpaired) electrons. The summed E-state index contributed by atoms with van der Waals surface area (Å²) in [6.07, 6.45) is 0.466. The lowest BCUT2D eigenvalue weighted by molar-refractivity contribution is -0.116. The molecule has 2 aromatic carbocycles. The van der Waals surface area contributed by atoms with Crippen LogP contribution in [-0.2, 0) is 14.3 Å². The number of hydrogen-bond acceptors (Lipinski definition) is 8. The number of methoxy groups -OCH3 is 1. The predicted molar refractivity (Wildman–Crippen MR) is 129 cm³/mol. The molecule has 34 heavy (non-hydrogen) atoms. The fourth-order valence-electron chi connectivity index (χ4n) is 3.03. The second-order valence-electron chi connectivity index (χ2n) is 7.11. The van der Waals surface area contributed by atoms with Gasteiger partial charge in [-0.2, -0.15) is 0 Å². The molecule has 3 aromatic rings. The van der Waals surface area contributed by atoms with E-state index in [1.54, 1.807) is 48.5 Å². The first-order valence-corrected chi connectivity index (χ1v) is 11.2. The lowest BCUT2D eigenvalue weighted by Gasteiger charge is -2.14. The van der Waals surface area contributed by atoms with Gasteiger partial charge in [0, 0.05) is 18.2 Å². The normalized spacial score (nSPS) is 11.4. The third-order valence-electron chi connectivity index (χ3n) is 4.66. The van der Waals surface area contributed by atoms with Gasteiger partial charge in [0.05, 0.1) is 23.6 Å². The number of carbonyl (C=O) groups excluding carboxylic acids is 3. The molecule has 3 rings (SSSR count). The maximum Gasteiger partial charge on any atom is 0.337 e. The molecule has 0 fully saturated rings. The molecule has 1 aromatic heterocycles. The van der Waals surface area contributed by atoms with Gasteiger partial charge >= 0.3 is 5.97 Å². The number of aromatic amines is 1. The van der Waals surface area contributed by atoms with Crippen molar-refractivity contribution in [2.75, 3.05) is 17.7 Å². The molecule has 176 valence electrons. The van der Waals surface area contributed by atoms with Crippen LogP contribution >= 0.6 is 11.8 Å². The summed E-state index contributed by atoms with van der Waals surface area (Å²) in [5.41, 5.74) is 1.32. The van der Waals surface area contributed by atoms with E-state index in [2.05, 4.69) is 30.6 Å². The summed E-state index contributed by atoms with van der Waals surface area (Å²) in [6, 6.07) is 13.1. The third-order valence-corrected chi connectivity index (χ3v) is 5.90. The molecule has 0 aliphatic carbocycles. The number of para-hydroxylation sites is 1. The number of H-pyrrole nitrogens is 1. The number of nitrogens with one attached hydrogen (secondary N) is 3. The molecule has 0 aliphatic heterocycles. The van der Waals surface area contributed by atoms with Gasteiger partial charge in [-0.05, 0) is 36.8 Å². The van der Waals surface area contributed by atoms with Gasteiger partial charge in [0.2, 0.25) is 11.8 Å². The van der Waals surface area contributed by atoms with E-state index in [1.807, 2.05) is 6.92 Å². The Morgan fingerprint density at radius 2 is 1.76 bits per heavy atom. The van der Waals surface area contributed by atoms with Crippen molar-refractivity contribution in [3.8, 4) is 11.3 Å². The Balaban J connectivity index is 1.74. The standard InChI is InChI=1S/C23H23N5O5S/c1-4-18(20(30)25-15-11-9-14(10-12-15)22(32)33-3)34-23-26-21(31)19(27-28-23)16-7-5-6-8-17(16)24-13(2)29/h5-12,18H,4H2,1-3H3,(H,24,29)(H,25,30)(H,26,28,31)/t18-/m0/s1. The minimum Gasteiger partial charge on any atom is -0.465 e. The summed E-state index contributed by atoms with van der Waals surface area (Å²) in [5.74, 6) is -1.03. The fraction of sp³-hybridized carbons (Fsp3) is 0.217. The molecule has 10 nitrogen and oxygen atoms in total. The highest BCUT2D eigenvalue weighted by atomic mass is 32.2. The number of benzene rings is 2. The monoisotopic (exact) mass is 481 g/mol. The topological polar surface area (TPSA) is 143 Å². The Hall–Kier alpha value is -3.99. The number of esters is 1. The molecule has 0 spiro atoms. The molecule has 1 heterocycles. The Labute approximate surface area is 199 Å². The number of ether oxygens (including phenoxy) is 1. The minimum atomic E-state index is -0.553. The van der Waals surface area contributed by atoms with Gasteiger partial charge in [0.25, 0.3) is 5.56 Å². The summed E-state index contributed by atoms with van der Waals surface area (Å²) in [5, 5.41) is 13.2. The van der Waals surface area contributed by atoms with Crippen molar-refractivity contribution in [3.63, 3.8) is 0 Å². The van der Waals surface area contributed by atoms with Gasteiger partial charge in [-0.1, -0.05) is 36.9 Å². The summed E-state index contributed by atoms with van der Waals surface area (Å²) in [7, 11) is 1.29. The lowest BCUT2D eigenvalue weighted by Crippen LogP contribution is -2.25. The van der Waals surface area contributed by atoms with Crippen molar-refractivity contribution in [3.05, 3.63) is 64.4 Å². The van der Waals surface area contributed by atoms with Crippen LogP contribution in [0.4, 0.5) is 11.4 Å². The lowest BCUT2D eigenvalue weighted by atomic mass is 10.1. The average Bonchev–Trinajstić information content (AvgIpc) is 2.82. The maximum absolute atomic E-state index is 12.7. The summed E-state index contributed by atoms with van der Waals surface area (Å²) in [4.78, 5) is 51.1. The van der Waals surface area contributed by atoms with Crippen LogP contribution in [0.1, 0.15) is 30.6 Å². The molecule has 2 amide bonds. The van der Waals surface area contributed by atoms with Crippen molar-refractivity contribution in [1.29, 1.82) is 0 Å². The van der Waals surface area contributed by atoms with Crippen LogP contribution < -0.4 is 16.2 Å². The molecule has 0 unspecified atom stereocenters. The first-order valence-electron chi connectivity index (χ1n) is 10.3. The Morgan fingerprint density at radius 3 is 2.38 bits per heavy atom. The number of aromatic nitrogens is 3. The van der Waals surface area contributed by atoms with E-state index in [0.717, 1.165) is 11.8 Å². The van der Waals surface area contributed by atoms with Gasteiger partial charge in [0.15, 0.2) is 10.9 Å². The smallest absolute Gasteiger partial charge is 0.337 e. The van der Waals surface area contributed by atoms with Crippen LogP contribution in [0.5, 0.6) is 0 Å². The molecule has 0 aliphatic rings. The van der Waals surface area contributed by atoms with Gasteiger partial charge < -0.3 is 15.4 Å². The zero-order valence-electron chi connectivity index (χ0n) is 18.7. The van der Waals surface area contributed by atoms with E-state index in [9.17, 15) is 19.2 Å². The van der Waals surface area contributed by atoms with Gasteiger partial charge in [-0.15, -0.1) is 10.2 Å². The van der Waals surface area contributed by atoms with Crippen LogP contribution in [0.3, 0.4) is 0 Å². The van der Waals surface area contributed by atoms with Crippen LogP contribution in [0.2, 0.25) is 0 Å². The van der Waals surface area contributed by atoms with Crippen LogP contribution in [0.15, 0.2) is 58.5 Å². The quantitative estimate of drug-likeness (QED) is 0.329. The molecule has 11 heteroatoms. The van der Waals surface area contributed by atoms with Crippen molar-refractivity contribution in [1.82, 2.24) is 15.2 Å². The highest BCUT2D eigenvalue weighted by Crippen LogP contribution is 2.26. The number of carbonyl (C=O) groups is 3. The maximum atomic E-state index is 12.7. The molecule has 3 N–H and O–H groups in total. The first-order chi connectivity index (χ1) is 16.3. The Kier molecular flexibility index (Phi) is 8.14. The van der Waals surface area contributed by atoms with Crippen LogP contribution in [0, 0.1) is 0 Å². The number of amides is 2.